The van der Waals surface area contributed by atoms with Gasteiger partial charge in [0.2, 0.25) is 17.7 Å². The van der Waals surface area contributed by atoms with E-state index in [0.29, 0.717) is 11.4 Å². The van der Waals surface area contributed by atoms with Gasteiger partial charge >= 0.3 is 6.09 Å². The first kappa shape index (κ1) is 39.5. The number of ether oxygens (including phenoxy) is 1. The molecular formula is C31H48N6O8S2. The zero-order valence-corrected chi connectivity index (χ0v) is 29.6. The third-order valence-corrected chi connectivity index (χ3v) is 8.97. The Balaban J connectivity index is 2.05. The third-order valence-electron chi connectivity index (χ3n) is 7.09. The van der Waals surface area contributed by atoms with Crippen LogP contribution in [0, 0.1) is 24.7 Å². The number of nitrogens with one attached hydrogen (secondary N) is 4. The van der Waals surface area contributed by atoms with Crippen molar-refractivity contribution >= 4 is 45.0 Å². The Bertz CT molecular complexity index is 1430. The average molecular weight is 697 g/mol. The predicted molar refractivity (Wildman–Crippen MR) is 178 cm³/mol. The van der Waals surface area contributed by atoms with E-state index in [1.165, 1.54) is 11.3 Å². The van der Waals surface area contributed by atoms with E-state index in [9.17, 15) is 32.7 Å². The fraction of sp³-hybridized carbons (Fsp3) is 0.613. The number of aryl methyl sites for hydroxylation is 1. The Hall–Kier alpha value is -3.63. The molecule has 2 aromatic heterocycles. The van der Waals surface area contributed by atoms with Crippen LogP contribution in [0.5, 0.6) is 0 Å². The number of hydrogen-bond acceptors (Lipinski definition) is 11. The summed E-state index contributed by atoms with van der Waals surface area (Å²) in [5, 5.41) is 24.1. The molecule has 5 N–H and O–H groups in total. The van der Waals surface area contributed by atoms with Crippen molar-refractivity contribution in [3.05, 3.63) is 46.2 Å². The van der Waals surface area contributed by atoms with Crippen LogP contribution in [0.2, 0.25) is 0 Å². The highest BCUT2D eigenvalue weighted by Crippen LogP contribution is 2.17. The van der Waals surface area contributed by atoms with Gasteiger partial charge in [-0.1, -0.05) is 34.6 Å². The van der Waals surface area contributed by atoms with Gasteiger partial charge in [-0.15, -0.1) is 11.3 Å². The summed E-state index contributed by atoms with van der Waals surface area (Å²) in [4.78, 5) is 60.0. The third kappa shape index (κ3) is 14.8. The minimum atomic E-state index is -3.73. The lowest BCUT2D eigenvalue weighted by atomic mass is 9.91. The average Bonchev–Trinajstić information content (AvgIpc) is 3.40. The molecule has 0 radical (unpaired) electrons. The summed E-state index contributed by atoms with van der Waals surface area (Å²) in [7, 11) is -3.73. The second kappa shape index (κ2) is 18.6. The summed E-state index contributed by atoms with van der Waals surface area (Å²) in [6, 6.07) is 0.345. The Morgan fingerprint density at radius 3 is 2.17 bits per heavy atom. The minimum absolute atomic E-state index is 0.00142. The van der Waals surface area contributed by atoms with Crippen LogP contribution in [-0.4, -0.2) is 83.5 Å². The van der Waals surface area contributed by atoms with Gasteiger partial charge in [-0.2, -0.15) is 0 Å². The molecule has 0 saturated heterocycles. The van der Waals surface area contributed by atoms with Crippen LogP contribution in [0.3, 0.4) is 0 Å². The van der Waals surface area contributed by atoms with Gasteiger partial charge in [0.25, 0.3) is 0 Å². The van der Waals surface area contributed by atoms with Crippen LogP contribution < -0.4 is 21.3 Å². The first-order chi connectivity index (χ1) is 21.9. The van der Waals surface area contributed by atoms with Crippen LogP contribution in [0.25, 0.3) is 0 Å². The molecular weight excluding hydrogens is 649 g/mol. The van der Waals surface area contributed by atoms with Gasteiger partial charge in [0.15, 0.2) is 0 Å². The summed E-state index contributed by atoms with van der Waals surface area (Å²) < 4.78 is 29.4. The summed E-state index contributed by atoms with van der Waals surface area (Å²) in [5.41, 5.74) is 1.61. The topological polar surface area (TPSA) is 206 Å². The van der Waals surface area contributed by atoms with Gasteiger partial charge in [-0.05, 0) is 49.3 Å². The molecule has 2 aromatic rings. The quantitative estimate of drug-likeness (QED) is 0.153. The zero-order valence-electron chi connectivity index (χ0n) is 28.0. The maximum Gasteiger partial charge on any atom is 0.408 e. The van der Waals surface area contributed by atoms with Gasteiger partial charge < -0.3 is 31.1 Å². The van der Waals surface area contributed by atoms with Gasteiger partial charge in [0, 0.05) is 42.2 Å². The highest BCUT2D eigenvalue weighted by Gasteiger charge is 2.33. The lowest BCUT2D eigenvalue weighted by Crippen LogP contribution is -2.55. The van der Waals surface area contributed by atoms with E-state index in [0.717, 1.165) is 17.5 Å². The molecule has 0 fully saturated rings. The van der Waals surface area contributed by atoms with E-state index in [2.05, 4.69) is 31.2 Å². The lowest BCUT2D eigenvalue weighted by molar-refractivity contribution is -0.132. The first-order valence-corrected chi connectivity index (χ1v) is 18.4. The second-order valence-corrected chi connectivity index (χ2v) is 15.6. The number of carbonyl (C=O) groups excluding carboxylic acids is 4. The van der Waals surface area contributed by atoms with Crippen LogP contribution >= 0.6 is 11.3 Å². The molecule has 5 atom stereocenters. The second-order valence-electron chi connectivity index (χ2n) is 12.5. The number of amides is 4. The van der Waals surface area contributed by atoms with Crippen molar-refractivity contribution in [2.45, 2.75) is 91.8 Å². The fourth-order valence-corrected chi connectivity index (χ4v) is 6.16. The van der Waals surface area contributed by atoms with Crippen molar-refractivity contribution in [3.63, 3.8) is 0 Å². The van der Waals surface area contributed by atoms with Gasteiger partial charge in [-0.3, -0.25) is 19.4 Å². The molecule has 0 saturated carbocycles. The highest BCUT2D eigenvalue weighted by atomic mass is 32.2. The highest BCUT2D eigenvalue weighted by molar-refractivity contribution is 7.90. The van der Waals surface area contributed by atoms with Crippen LogP contribution in [0.15, 0.2) is 29.9 Å². The van der Waals surface area contributed by atoms with Crippen molar-refractivity contribution < 1.29 is 37.4 Å². The van der Waals surface area contributed by atoms with Crippen molar-refractivity contribution in [2.24, 2.45) is 17.8 Å². The van der Waals surface area contributed by atoms with E-state index in [-0.39, 0.29) is 37.3 Å². The first-order valence-electron chi connectivity index (χ1n) is 15.4. The molecule has 0 aliphatic carbocycles. The number of sulfone groups is 1. The molecule has 2 rings (SSSR count). The van der Waals surface area contributed by atoms with E-state index in [1.54, 1.807) is 57.6 Å². The number of aliphatic hydroxyl groups is 1. The molecule has 0 unspecified atom stereocenters. The summed E-state index contributed by atoms with van der Waals surface area (Å²) >= 11 is 1.29. The summed E-state index contributed by atoms with van der Waals surface area (Å²) in [6.45, 7) is 10.9. The number of nitrogens with zero attached hydrogens (tertiary/aromatic N) is 2. The number of carbonyl (C=O) groups is 4. The molecule has 4 amide bonds. The smallest absolute Gasteiger partial charge is 0.408 e. The SMILES string of the molecule is Cc1csc(COC(=O)N[C@@H](CS(C)(=O)=O)C(=O)N[C@H](CC(C)C)[C@@H](O)C[C@@H](C)C(=O)N[C@@H](C(=O)NCc2ccncc2)C(C)C)n1. The number of aliphatic hydroxyl groups excluding tert-OH is 1. The molecule has 0 aliphatic heterocycles. The van der Waals surface area contributed by atoms with E-state index in [1.807, 2.05) is 13.8 Å². The number of alkyl carbamates (subject to hydrolysis) is 1. The van der Waals surface area contributed by atoms with Crippen molar-refractivity contribution in [2.75, 3.05) is 12.0 Å². The van der Waals surface area contributed by atoms with Crippen LogP contribution in [-0.2, 0) is 42.1 Å². The summed E-state index contributed by atoms with van der Waals surface area (Å²) in [5.74, 6) is -3.31. The van der Waals surface area contributed by atoms with Crippen LogP contribution in [0.4, 0.5) is 4.79 Å². The molecule has 47 heavy (non-hydrogen) atoms. The maximum absolute atomic E-state index is 13.3. The number of pyridine rings is 1. The number of hydrogen-bond donors (Lipinski definition) is 5. The van der Waals surface area contributed by atoms with Crippen molar-refractivity contribution in [3.8, 4) is 0 Å². The standard InChI is InChI=1S/C31H48N6O8S2/c1-18(2)12-23(35-29(40)24(17-47(7,43)44)36-31(42)45-15-26-34-21(6)16-46-26)25(38)13-20(5)28(39)37-27(19(3)4)30(41)33-14-22-8-10-32-11-9-22/h8-11,16,18-20,23-25,27,38H,12-15,17H2,1-7H3,(H,33,41)(H,35,40)(H,36,42)(H,37,39)/t20-,23-,24+,25+,27-/m1/s1. The molecule has 262 valence electrons. The van der Waals surface area contributed by atoms with E-state index < -0.39 is 63.6 Å². The maximum atomic E-state index is 13.3. The normalized spacial score (nSPS) is 14.9. The molecule has 16 heteroatoms. The number of thiazole rings is 1. The van der Waals surface area contributed by atoms with Crippen LogP contribution in [0.1, 0.15) is 63.7 Å². The van der Waals surface area contributed by atoms with Crippen molar-refractivity contribution in [1.82, 2.24) is 31.2 Å². The Labute approximate surface area is 280 Å². The monoisotopic (exact) mass is 696 g/mol. The van der Waals surface area contributed by atoms with Gasteiger partial charge in [0.05, 0.1) is 17.9 Å². The molecule has 0 aliphatic rings. The Morgan fingerprint density at radius 1 is 0.957 bits per heavy atom. The molecule has 0 bridgehead atoms. The molecule has 14 nitrogen and oxygen atoms in total. The predicted octanol–water partition coefficient (Wildman–Crippen LogP) is 1.86. The lowest BCUT2D eigenvalue weighted by Gasteiger charge is -2.30. The van der Waals surface area contributed by atoms with Gasteiger partial charge in [0.1, 0.15) is 33.5 Å². The largest absolute Gasteiger partial charge is 0.442 e. The van der Waals surface area contributed by atoms with Crippen molar-refractivity contribution in [1.29, 1.82) is 0 Å². The molecule has 0 aromatic carbocycles. The van der Waals surface area contributed by atoms with E-state index >= 15 is 0 Å². The molecule has 2 heterocycles. The number of aromatic nitrogens is 2. The fourth-order valence-electron chi connectivity index (χ4n) is 4.63. The Morgan fingerprint density at radius 2 is 1.62 bits per heavy atom. The summed E-state index contributed by atoms with van der Waals surface area (Å²) in [6.07, 6.45) is 2.19. The zero-order chi connectivity index (χ0) is 35.3. The van der Waals surface area contributed by atoms with Gasteiger partial charge in [-0.25, -0.2) is 18.2 Å². The molecule has 0 spiro atoms. The number of rotatable bonds is 18. The van der Waals surface area contributed by atoms with E-state index in [4.69, 9.17) is 4.74 Å². The minimum Gasteiger partial charge on any atom is -0.442 e. The Kier molecular flexibility index (Phi) is 15.7.